The van der Waals surface area contributed by atoms with Crippen LogP contribution in [0.3, 0.4) is 0 Å². The van der Waals surface area contributed by atoms with Gasteiger partial charge < -0.3 is 33.3 Å². The van der Waals surface area contributed by atoms with Crippen molar-refractivity contribution < 1.29 is 60.2 Å². The molecule has 5 aliphatic heterocycles. The van der Waals surface area contributed by atoms with Crippen LogP contribution in [0.15, 0.2) is 37.5 Å². The smallest absolute Gasteiger partial charge is 0.472 e. The zero-order valence-corrected chi connectivity index (χ0v) is 26.7. The minimum Gasteiger partial charge on any atom is -0.472 e. The Balaban J connectivity index is 1.21. The van der Waals surface area contributed by atoms with Crippen LogP contribution in [-0.4, -0.2) is 112 Å². The lowest BCUT2D eigenvalue weighted by Crippen LogP contribution is -2.37. The van der Waals surface area contributed by atoms with E-state index in [0.717, 1.165) is 0 Å². The molecule has 256 valence electrons. The quantitative estimate of drug-likeness (QED) is 0.194. The summed E-state index contributed by atoms with van der Waals surface area (Å²) in [6.45, 7) is -5.73. The van der Waals surface area contributed by atoms with Gasteiger partial charge in [-0.05, 0) is 24.0 Å². The summed E-state index contributed by atoms with van der Waals surface area (Å²) < 4.78 is 92.6. The Kier molecular flexibility index (Phi) is 8.24. The Morgan fingerprint density at radius 2 is 1.25 bits per heavy atom. The summed E-state index contributed by atoms with van der Waals surface area (Å²) in [5, 5.41) is 0. The molecule has 24 heteroatoms. The summed E-state index contributed by atoms with van der Waals surface area (Å²) in [5.41, 5.74) is 0.552. The van der Waals surface area contributed by atoms with E-state index in [4.69, 9.17) is 48.8 Å². The van der Waals surface area contributed by atoms with E-state index in [0.29, 0.717) is 0 Å². The first kappa shape index (κ1) is 32.1. The Bertz CT molecular complexity index is 1850. The summed E-state index contributed by atoms with van der Waals surface area (Å²) in [4.78, 5) is 46.8. The maximum absolute atomic E-state index is 16.2. The van der Waals surface area contributed by atoms with Gasteiger partial charge in [-0.3, -0.25) is 22.7 Å². The molecule has 0 aliphatic carbocycles. The summed E-state index contributed by atoms with van der Waals surface area (Å²) in [7, 11) is -5.09. The summed E-state index contributed by atoms with van der Waals surface area (Å²) in [5.74, 6) is 0.162. The van der Waals surface area contributed by atoms with E-state index in [-0.39, 0.29) is 47.3 Å². The highest BCUT2D eigenvalue weighted by Gasteiger charge is 2.54. The molecule has 5 aliphatic rings. The van der Waals surface area contributed by atoms with Crippen LogP contribution in [0, 0.1) is 0 Å². The molecular formula is C24H24F2N8O11P2S. The minimum absolute atomic E-state index is 0.0390. The molecule has 0 radical (unpaired) electrons. The van der Waals surface area contributed by atoms with Crippen LogP contribution in [0.1, 0.15) is 12.5 Å². The first-order valence-corrected chi connectivity index (χ1v) is 18.3. The second kappa shape index (κ2) is 12.3. The van der Waals surface area contributed by atoms with Gasteiger partial charge in [-0.2, -0.15) is 9.97 Å². The lowest BCUT2D eigenvalue weighted by atomic mass is 10.1. The molecule has 0 spiro atoms. The van der Waals surface area contributed by atoms with Crippen LogP contribution in [0.2, 0.25) is 0 Å². The topological polar surface area (TPSA) is 219 Å². The molecule has 3 fully saturated rings. The van der Waals surface area contributed by atoms with Crippen LogP contribution in [-0.2, 0) is 43.9 Å². The molecule has 19 nitrogen and oxygen atoms in total. The fourth-order valence-corrected chi connectivity index (χ4v) is 8.09. The molecule has 0 aromatic carbocycles. The third kappa shape index (κ3) is 5.79. The van der Waals surface area contributed by atoms with Crippen molar-refractivity contribution in [2.45, 2.75) is 49.2 Å². The van der Waals surface area contributed by atoms with Gasteiger partial charge >= 0.3 is 14.5 Å². The van der Waals surface area contributed by atoms with Crippen molar-refractivity contribution in [1.82, 2.24) is 39.0 Å². The molecule has 48 heavy (non-hydrogen) atoms. The number of aromatic nitrogens is 8. The van der Waals surface area contributed by atoms with Crippen molar-refractivity contribution in [1.29, 1.82) is 0 Å². The van der Waals surface area contributed by atoms with E-state index in [9.17, 15) is 14.4 Å². The number of alkyl halides is 2. The first-order chi connectivity index (χ1) is 23.1. The van der Waals surface area contributed by atoms with Crippen molar-refractivity contribution in [3.05, 3.63) is 37.5 Å². The standard InChI is InChI=1S/C24H24F2N8O11P2S/c25-13-17-12-6-41-47(37,48)45-18-11(5-40-46(35,36)44-17)42-24(14(18)26)34-10-32-16-20(34)28-8-30-22(16)39-4-2-1-3-38-21-15-19(27-7-29-21)33(9-31-15)23(13)43-12/h1-2,7-14,17-18,23-24H,3-6H2,(H,35,36)(H,37,48)/b2-1+/t11?,12?,13-,14-,17-,18-,23-,24-,47?/m1/s1. The summed E-state index contributed by atoms with van der Waals surface area (Å²) >= 11 is 5.17. The summed E-state index contributed by atoms with van der Waals surface area (Å²) in [6.07, 6.45) is -5.47. The van der Waals surface area contributed by atoms with Crippen LogP contribution in [0.25, 0.3) is 22.3 Å². The third-order valence-corrected chi connectivity index (χ3v) is 10.4. The lowest BCUT2D eigenvalue weighted by Gasteiger charge is -2.28. The molecule has 4 unspecified atom stereocenters. The molecule has 0 saturated carbocycles. The van der Waals surface area contributed by atoms with Gasteiger partial charge in [0, 0.05) is 0 Å². The average Bonchev–Trinajstić information content (AvgIpc) is 3.81. The Labute approximate surface area is 272 Å². The Hall–Kier alpha value is -3.14. The molecule has 0 amide bonds. The number of rotatable bonds is 0. The van der Waals surface area contributed by atoms with Gasteiger partial charge in [0.25, 0.3) is 0 Å². The van der Waals surface area contributed by atoms with Gasteiger partial charge in [-0.25, -0.2) is 33.3 Å². The van der Waals surface area contributed by atoms with E-state index in [1.54, 1.807) is 12.2 Å². The van der Waals surface area contributed by atoms with Gasteiger partial charge in [0.15, 0.2) is 47.1 Å². The predicted molar refractivity (Wildman–Crippen MR) is 156 cm³/mol. The van der Waals surface area contributed by atoms with Gasteiger partial charge in [-0.15, -0.1) is 0 Å². The number of hydrogen-bond acceptors (Lipinski definition) is 16. The number of halogens is 2. The third-order valence-electron chi connectivity index (χ3n) is 7.85. The number of phosphoric acid groups is 1. The molecule has 2 N–H and O–H groups in total. The first-order valence-electron chi connectivity index (χ1n) is 14.2. The second-order valence-corrected chi connectivity index (χ2v) is 15.0. The summed E-state index contributed by atoms with van der Waals surface area (Å²) in [6, 6.07) is 0. The zero-order valence-electron chi connectivity index (χ0n) is 24.1. The Morgan fingerprint density at radius 1 is 0.750 bits per heavy atom. The van der Waals surface area contributed by atoms with Gasteiger partial charge in [0.2, 0.25) is 11.8 Å². The lowest BCUT2D eigenvalue weighted by molar-refractivity contribution is -0.0624. The fourth-order valence-electron chi connectivity index (χ4n) is 5.69. The molecule has 14 bridgehead atoms. The molecule has 4 aromatic rings. The van der Waals surface area contributed by atoms with Gasteiger partial charge in [0.1, 0.15) is 50.3 Å². The monoisotopic (exact) mass is 732 g/mol. The van der Waals surface area contributed by atoms with E-state index < -0.39 is 77.0 Å². The number of hydrogen-bond donors (Lipinski definition) is 2. The largest absolute Gasteiger partial charge is 0.472 e. The van der Waals surface area contributed by atoms with Crippen molar-refractivity contribution in [3.8, 4) is 11.8 Å². The number of imidazole rings is 2. The van der Waals surface area contributed by atoms with E-state index in [1.807, 2.05) is 0 Å². The fraction of sp³-hybridized carbons (Fsp3) is 0.500. The van der Waals surface area contributed by atoms with Crippen molar-refractivity contribution >= 4 is 48.7 Å². The SMILES string of the molecule is O=P1(O)OCC2O[C@@H]3[C@H](F)[C@@H]2OP(O)(=S)OCC2O[C@H]([C@H](F)[C@@H]2O1)n1cnc2c(ncnc21)OC/C=C/COc1ncnc2c1ncn23. The number of ether oxygens (including phenoxy) is 4. The van der Waals surface area contributed by atoms with Crippen LogP contribution in [0.4, 0.5) is 8.78 Å². The maximum Gasteiger partial charge on any atom is 0.472 e. The number of fused-ring (bicyclic) bond motifs is 10. The molecule has 9 rings (SSSR count). The number of nitrogens with zero attached hydrogens (tertiary/aromatic N) is 8. The van der Waals surface area contributed by atoms with E-state index in [2.05, 4.69) is 29.9 Å². The normalized spacial score (nSPS) is 38.0. The average molecular weight is 733 g/mol. The molecular weight excluding hydrogens is 708 g/mol. The van der Waals surface area contributed by atoms with Crippen molar-refractivity contribution in [2.75, 3.05) is 26.4 Å². The van der Waals surface area contributed by atoms with Gasteiger partial charge in [0.05, 0.1) is 25.9 Å². The number of phosphoric ester groups is 1. The highest BCUT2D eigenvalue weighted by Crippen LogP contribution is 2.54. The van der Waals surface area contributed by atoms with Crippen LogP contribution >= 0.6 is 14.5 Å². The Morgan fingerprint density at radius 3 is 1.79 bits per heavy atom. The minimum atomic E-state index is -5.09. The molecule has 9 heterocycles. The van der Waals surface area contributed by atoms with E-state index >= 15 is 8.78 Å². The molecule has 3 saturated heterocycles. The highest BCUT2D eigenvalue weighted by atomic mass is 32.5. The van der Waals surface area contributed by atoms with E-state index in [1.165, 1.54) is 34.4 Å². The molecule has 10 atom stereocenters. The predicted octanol–water partition coefficient (Wildman–Crippen LogP) is 1.60. The maximum atomic E-state index is 16.2. The van der Waals surface area contributed by atoms with Crippen LogP contribution in [0.5, 0.6) is 11.8 Å². The highest BCUT2D eigenvalue weighted by molar-refractivity contribution is 8.07. The molecule has 4 aromatic heterocycles. The van der Waals surface area contributed by atoms with Gasteiger partial charge in [-0.1, -0.05) is 0 Å². The van der Waals surface area contributed by atoms with Crippen molar-refractivity contribution in [2.24, 2.45) is 0 Å². The van der Waals surface area contributed by atoms with Crippen molar-refractivity contribution in [3.63, 3.8) is 0 Å². The van der Waals surface area contributed by atoms with Crippen LogP contribution < -0.4 is 9.47 Å². The second-order valence-electron chi connectivity index (χ2n) is 10.8. The zero-order chi connectivity index (χ0) is 33.2.